The predicted molar refractivity (Wildman–Crippen MR) is 92.2 cm³/mol. The molecule has 1 N–H and O–H groups in total. The molecule has 1 aromatic carbocycles. The minimum absolute atomic E-state index is 0.168. The first-order chi connectivity index (χ1) is 11.0. The number of rotatable bonds is 3. The molecule has 0 aliphatic heterocycles. The van der Waals surface area contributed by atoms with Crippen molar-refractivity contribution in [2.75, 3.05) is 0 Å². The number of hydrogen-bond acceptors (Lipinski definition) is 4. The van der Waals surface area contributed by atoms with Crippen LogP contribution >= 0.6 is 22.9 Å². The highest BCUT2D eigenvalue weighted by atomic mass is 35.5. The molecule has 0 fully saturated rings. The van der Waals surface area contributed by atoms with E-state index in [1.165, 1.54) is 15.9 Å². The van der Waals surface area contributed by atoms with Gasteiger partial charge in [0.15, 0.2) is 0 Å². The molecule has 0 saturated heterocycles. The number of carbonyl (C=O) groups excluding carboxylic acids is 1. The molecule has 23 heavy (non-hydrogen) atoms. The molecule has 1 unspecified atom stereocenters. The molecule has 118 valence electrons. The fourth-order valence-corrected chi connectivity index (χ4v) is 3.18. The van der Waals surface area contributed by atoms with Crippen LogP contribution in [0.4, 0.5) is 0 Å². The van der Waals surface area contributed by atoms with E-state index in [4.69, 9.17) is 11.6 Å². The average molecular weight is 348 g/mol. The summed E-state index contributed by atoms with van der Waals surface area (Å²) in [6.45, 7) is 1.80. The molecule has 0 radical (unpaired) electrons. The van der Waals surface area contributed by atoms with Crippen LogP contribution in [0.5, 0.6) is 0 Å². The summed E-state index contributed by atoms with van der Waals surface area (Å²) in [5, 5.41) is 5.71. The minimum Gasteiger partial charge on any atom is -0.342 e. The van der Waals surface area contributed by atoms with E-state index < -0.39 is 6.04 Å². The van der Waals surface area contributed by atoms with E-state index in [-0.39, 0.29) is 11.5 Å². The molecular weight excluding hydrogens is 334 g/mol. The van der Waals surface area contributed by atoms with E-state index >= 15 is 0 Å². The van der Waals surface area contributed by atoms with Crippen LogP contribution in [0, 0.1) is 0 Å². The Hall–Kier alpha value is -2.18. The Labute approximate surface area is 141 Å². The van der Waals surface area contributed by atoms with Crippen molar-refractivity contribution in [1.29, 1.82) is 0 Å². The van der Waals surface area contributed by atoms with Gasteiger partial charge in [-0.2, -0.15) is 0 Å². The van der Waals surface area contributed by atoms with Gasteiger partial charge in [-0.3, -0.25) is 14.2 Å². The Balaban J connectivity index is 2.00. The van der Waals surface area contributed by atoms with E-state index in [0.717, 1.165) is 0 Å². The quantitative estimate of drug-likeness (QED) is 0.791. The molecular formula is C16H14ClN3O2S. The molecule has 7 heteroatoms. The highest BCUT2D eigenvalue weighted by Gasteiger charge is 2.17. The molecule has 2 aromatic heterocycles. The van der Waals surface area contributed by atoms with Crippen LogP contribution in [-0.4, -0.2) is 15.5 Å². The van der Waals surface area contributed by atoms with Gasteiger partial charge in [0.25, 0.3) is 11.5 Å². The Bertz CT molecular complexity index is 934. The predicted octanol–water partition coefficient (Wildman–Crippen LogP) is 3.14. The summed E-state index contributed by atoms with van der Waals surface area (Å²) >= 11 is 7.34. The number of carbonyl (C=O) groups is 1. The largest absolute Gasteiger partial charge is 0.342 e. The topological polar surface area (TPSA) is 64.0 Å². The van der Waals surface area contributed by atoms with E-state index in [1.54, 1.807) is 38.2 Å². The number of halogens is 1. The number of nitrogens with one attached hydrogen (secondary N) is 1. The van der Waals surface area contributed by atoms with Crippen molar-refractivity contribution in [3.05, 3.63) is 61.8 Å². The van der Waals surface area contributed by atoms with E-state index in [0.29, 0.717) is 26.6 Å². The number of hydrogen-bond donors (Lipinski definition) is 1. The first-order valence-corrected chi connectivity index (χ1v) is 8.23. The zero-order valence-corrected chi connectivity index (χ0v) is 14.1. The molecule has 0 aliphatic rings. The molecule has 3 rings (SSSR count). The maximum atomic E-state index is 12.4. The van der Waals surface area contributed by atoms with Crippen molar-refractivity contribution in [3.63, 3.8) is 0 Å². The molecule has 0 spiro atoms. The van der Waals surface area contributed by atoms with Gasteiger partial charge in [0, 0.05) is 12.1 Å². The van der Waals surface area contributed by atoms with Gasteiger partial charge < -0.3 is 5.32 Å². The van der Waals surface area contributed by atoms with Gasteiger partial charge in [-0.15, -0.1) is 11.3 Å². The van der Waals surface area contributed by atoms with Gasteiger partial charge in [-0.05, 0) is 36.6 Å². The lowest BCUT2D eigenvalue weighted by atomic mass is 10.2. The van der Waals surface area contributed by atoms with E-state index in [2.05, 4.69) is 10.3 Å². The molecule has 0 aliphatic carbocycles. The monoisotopic (exact) mass is 347 g/mol. The van der Waals surface area contributed by atoms with E-state index in [9.17, 15) is 9.59 Å². The van der Waals surface area contributed by atoms with Crippen molar-refractivity contribution in [3.8, 4) is 0 Å². The van der Waals surface area contributed by atoms with Gasteiger partial charge in [0.2, 0.25) is 0 Å². The maximum absolute atomic E-state index is 12.4. The van der Waals surface area contributed by atoms with Gasteiger partial charge in [-0.1, -0.05) is 17.7 Å². The normalized spacial score (nSPS) is 12.3. The molecule has 1 atom stereocenters. The van der Waals surface area contributed by atoms with Gasteiger partial charge >= 0.3 is 0 Å². The Morgan fingerprint density at radius 3 is 2.87 bits per heavy atom. The second-order valence-corrected chi connectivity index (χ2v) is 6.55. The van der Waals surface area contributed by atoms with E-state index in [1.807, 2.05) is 11.4 Å². The summed E-state index contributed by atoms with van der Waals surface area (Å²) < 4.78 is 1.45. The zero-order valence-electron chi connectivity index (χ0n) is 12.5. The van der Waals surface area contributed by atoms with Crippen LogP contribution in [0.3, 0.4) is 0 Å². The minimum atomic E-state index is -0.411. The fraction of sp³-hybridized carbons (Fsp3) is 0.188. The molecule has 0 bridgehead atoms. The zero-order chi connectivity index (χ0) is 16.6. The van der Waals surface area contributed by atoms with Crippen molar-refractivity contribution in [2.45, 2.75) is 13.0 Å². The van der Waals surface area contributed by atoms with Gasteiger partial charge in [0.05, 0.1) is 21.8 Å². The molecule has 5 nitrogen and oxygen atoms in total. The third-order valence-corrected chi connectivity index (χ3v) is 4.66. The van der Waals surface area contributed by atoms with Gasteiger partial charge in [-0.25, -0.2) is 4.98 Å². The lowest BCUT2D eigenvalue weighted by molar-refractivity contribution is 0.0941. The number of nitrogens with zero attached hydrogens (tertiary/aromatic N) is 2. The lowest BCUT2D eigenvalue weighted by Crippen LogP contribution is -2.32. The van der Waals surface area contributed by atoms with Crippen molar-refractivity contribution >= 4 is 39.7 Å². The van der Waals surface area contributed by atoms with Crippen LogP contribution < -0.4 is 10.9 Å². The number of aromatic nitrogens is 2. The molecule has 2 heterocycles. The summed E-state index contributed by atoms with van der Waals surface area (Å²) in [6.07, 6.45) is 0. The third kappa shape index (κ3) is 3.00. The van der Waals surface area contributed by atoms with Crippen LogP contribution in [0.15, 0.2) is 40.5 Å². The SMILES string of the molecule is CC(NC(=O)c1cccs1)c1nc2cc(Cl)ccc2c(=O)n1C. The summed E-state index contributed by atoms with van der Waals surface area (Å²) in [7, 11) is 1.65. The summed E-state index contributed by atoms with van der Waals surface area (Å²) in [6, 6.07) is 8.12. The third-order valence-electron chi connectivity index (χ3n) is 3.55. The van der Waals surface area contributed by atoms with Crippen molar-refractivity contribution in [2.24, 2.45) is 7.05 Å². The maximum Gasteiger partial charge on any atom is 0.261 e. The lowest BCUT2D eigenvalue weighted by Gasteiger charge is -2.17. The second-order valence-electron chi connectivity index (χ2n) is 5.17. The van der Waals surface area contributed by atoms with Gasteiger partial charge in [0.1, 0.15) is 5.82 Å². The Morgan fingerprint density at radius 2 is 2.17 bits per heavy atom. The number of thiophene rings is 1. The van der Waals surface area contributed by atoms with Crippen molar-refractivity contribution in [1.82, 2.24) is 14.9 Å². The summed E-state index contributed by atoms with van der Waals surface area (Å²) in [5.74, 6) is 0.294. The summed E-state index contributed by atoms with van der Waals surface area (Å²) in [4.78, 5) is 29.7. The molecule has 1 amide bonds. The van der Waals surface area contributed by atoms with Crippen molar-refractivity contribution < 1.29 is 4.79 Å². The Kier molecular flexibility index (Phi) is 4.19. The molecule has 0 saturated carbocycles. The second kappa shape index (κ2) is 6.14. The molecule has 3 aromatic rings. The number of amides is 1. The first-order valence-electron chi connectivity index (χ1n) is 6.98. The van der Waals surface area contributed by atoms with Crippen LogP contribution in [0.1, 0.15) is 28.5 Å². The smallest absolute Gasteiger partial charge is 0.261 e. The average Bonchev–Trinajstić information content (AvgIpc) is 3.05. The van der Waals surface area contributed by atoms with Crippen LogP contribution in [-0.2, 0) is 7.05 Å². The Morgan fingerprint density at radius 1 is 1.39 bits per heavy atom. The number of fused-ring (bicyclic) bond motifs is 1. The standard InChI is InChI=1S/C16H14ClN3O2S/c1-9(18-15(21)13-4-3-7-23-13)14-19-12-8-10(17)5-6-11(12)16(22)20(14)2/h3-9H,1-2H3,(H,18,21). The summed E-state index contributed by atoms with van der Waals surface area (Å²) in [5.41, 5.74) is 0.353. The highest BCUT2D eigenvalue weighted by molar-refractivity contribution is 7.12. The van der Waals surface area contributed by atoms with Crippen LogP contribution in [0.25, 0.3) is 10.9 Å². The van der Waals surface area contributed by atoms with Crippen LogP contribution in [0.2, 0.25) is 5.02 Å². The number of benzene rings is 1. The fourth-order valence-electron chi connectivity index (χ4n) is 2.39. The highest BCUT2D eigenvalue weighted by Crippen LogP contribution is 2.18. The first kappa shape index (κ1) is 15.7.